The molecule has 0 bridgehead atoms. The van der Waals surface area contributed by atoms with Crippen LogP contribution in [0.3, 0.4) is 0 Å². The Kier molecular flexibility index (Phi) is 7.68. The topological polar surface area (TPSA) is 101 Å². The molecule has 0 aliphatic carbocycles. The zero-order valence-corrected chi connectivity index (χ0v) is 20.8. The number of aliphatic hydroxyl groups excluding tert-OH is 1. The first kappa shape index (κ1) is 29.4. The van der Waals surface area contributed by atoms with Crippen LogP contribution in [0.5, 0.6) is 0 Å². The molecule has 1 unspecified atom stereocenters. The molecule has 9 nitrogen and oxygen atoms in total. The SMILES string of the molecule is CC(F)(F)C1=NC(Cn2nc(-c3ccc(Cl)cc3)n(C[C@H](O)C(F)(F)F)c2=O)NN1c1ncccc1C(F)(F)F. The Hall–Kier alpha value is -3.57. The molecule has 1 aliphatic heterocycles. The molecule has 1 aliphatic rings. The van der Waals surface area contributed by atoms with E-state index in [4.69, 9.17) is 11.6 Å². The fraction of sp³-hybridized carbons (Fsp3) is 0.364. The first-order valence-corrected chi connectivity index (χ1v) is 11.6. The molecule has 3 heterocycles. The van der Waals surface area contributed by atoms with E-state index in [0.29, 0.717) is 27.2 Å². The number of halogens is 9. The van der Waals surface area contributed by atoms with Crippen molar-refractivity contribution in [2.75, 3.05) is 5.01 Å². The number of amidine groups is 1. The summed E-state index contributed by atoms with van der Waals surface area (Å²) in [6, 6.07) is 7.00. The van der Waals surface area contributed by atoms with Gasteiger partial charge >= 0.3 is 24.0 Å². The number of pyridine rings is 1. The number of nitrogens with one attached hydrogen (secondary N) is 1. The summed E-state index contributed by atoms with van der Waals surface area (Å²) in [4.78, 5) is 20.3. The standard InChI is InChI=1S/C22H18ClF8N7O2/c1-20(24,25)18-33-15(34-38(18)17-13(21(26,27)28)3-2-8-32-17)10-37-19(40)36(9-14(39)22(29,30)31)16(35-37)11-4-6-12(23)7-5-11/h2-8,14-15,34,39H,9-10H2,1H3/t14-,15?/m0/s1. The zero-order chi connectivity index (χ0) is 29.6. The van der Waals surface area contributed by atoms with Crippen molar-refractivity contribution in [1.29, 1.82) is 0 Å². The van der Waals surface area contributed by atoms with Gasteiger partial charge in [0.05, 0.1) is 18.7 Å². The van der Waals surface area contributed by atoms with Crippen molar-refractivity contribution in [2.24, 2.45) is 4.99 Å². The van der Waals surface area contributed by atoms with Crippen molar-refractivity contribution in [3.8, 4) is 11.4 Å². The molecule has 0 saturated carbocycles. The molecule has 2 N–H and O–H groups in total. The maximum absolute atomic E-state index is 14.4. The molecule has 3 aromatic rings. The van der Waals surface area contributed by atoms with E-state index in [1.165, 1.54) is 24.3 Å². The molecular weight excluding hydrogens is 582 g/mol. The molecule has 0 saturated heterocycles. The molecule has 40 heavy (non-hydrogen) atoms. The number of alkyl halides is 8. The Morgan fingerprint density at radius 3 is 2.30 bits per heavy atom. The van der Waals surface area contributed by atoms with Crippen molar-refractivity contribution in [1.82, 2.24) is 24.8 Å². The maximum Gasteiger partial charge on any atom is 0.420 e. The van der Waals surface area contributed by atoms with Crippen LogP contribution in [-0.4, -0.2) is 54.6 Å². The fourth-order valence-electron chi connectivity index (χ4n) is 3.77. The first-order chi connectivity index (χ1) is 18.5. The van der Waals surface area contributed by atoms with Crippen LogP contribution in [0.1, 0.15) is 12.5 Å². The lowest BCUT2D eigenvalue weighted by Crippen LogP contribution is -2.48. The van der Waals surface area contributed by atoms with Gasteiger partial charge in [0.1, 0.15) is 6.17 Å². The molecule has 1 aromatic carbocycles. The van der Waals surface area contributed by atoms with E-state index in [9.17, 15) is 45.0 Å². The molecule has 0 radical (unpaired) electrons. The Labute approximate surface area is 224 Å². The third-order valence-corrected chi connectivity index (χ3v) is 5.82. The third kappa shape index (κ3) is 6.10. The van der Waals surface area contributed by atoms with Crippen LogP contribution in [0.2, 0.25) is 5.02 Å². The smallest absolute Gasteiger partial charge is 0.382 e. The fourth-order valence-corrected chi connectivity index (χ4v) is 3.90. The summed E-state index contributed by atoms with van der Waals surface area (Å²) in [5, 5.41) is 14.2. The second-order valence-corrected chi connectivity index (χ2v) is 9.09. The van der Waals surface area contributed by atoms with E-state index < -0.39 is 66.5 Å². The summed E-state index contributed by atoms with van der Waals surface area (Å²) >= 11 is 5.84. The summed E-state index contributed by atoms with van der Waals surface area (Å²) < 4.78 is 110. The maximum atomic E-state index is 14.4. The van der Waals surface area contributed by atoms with Gasteiger partial charge in [0.2, 0.25) is 0 Å². The third-order valence-electron chi connectivity index (χ3n) is 5.57. The lowest BCUT2D eigenvalue weighted by molar-refractivity contribution is -0.207. The van der Waals surface area contributed by atoms with Crippen molar-refractivity contribution in [3.05, 3.63) is 63.7 Å². The number of hydrogen-bond donors (Lipinski definition) is 2. The average molecular weight is 600 g/mol. The van der Waals surface area contributed by atoms with Crippen molar-refractivity contribution >= 4 is 23.3 Å². The number of anilines is 1. The van der Waals surface area contributed by atoms with E-state index in [2.05, 4.69) is 20.5 Å². The molecule has 2 atom stereocenters. The Balaban J connectivity index is 1.73. The lowest BCUT2D eigenvalue weighted by Gasteiger charge is -2.25. The van der Waals surface area contributed by atoms with Gasteiger partial charge in [-0.05, 0) is 36.4 Å². The summed E-state index contributed by atoms with van der Waals surface area (Å²) in [6.45, 7) is -1.56. The number of benzene rings is 1. The van der Waals surface area contributed by atoms with Crippen molar-refractivity contribution < 1.29 is 40.2 Å². The minimum Gasteiger partial charge on any atom is -0.382 e. The summed E-state index contributed by atoms with van der Waals surface area (Å²) in [6.07, 6.45) is -13.6. The number of hydrazine groups is 1. The van der Waals surface area contributed by atoms with E-state index in [0.717, 1.165) is 12.3 Å². The number of aliphatic hydroxyl groups is 1. The second kappa shape index (κ2) is 10.4. The van der Waals surface area contributed by atoms with Crippen LogP contribution < -0.4 is 16.1 Å². The average Bonchev–Trinajstić information content (AvgIpc) is 3.41. The van der Waals surface area contributed by atoms with Crippen LogP contribution in [-0.2, 0) is 19.3 Å². The molecule has 216 valence electrons. The van der Waals surface area contributed by atoms with Crippen LogP contribution in [0.25, 0.3) is 11.4 Å². The predicted molar refractivity (Wildman–Crippen MR) is 126 cm³/mol. The summed E-state index contributed by atoms with van der Waals surface area (Å²) in [7, 11) is 0. The summed E-state index contributed by atoms with van der Waals surface area (Å²) in [5.74, 6) is -6.20. The van der Waals surface area contributed by atoms with E-state index in [1.54, 1.807) is 0 Å². The highest BCUT2D eigenvalue weighted by Crippen LogP contribution is 2.37. The van der Waals surface area contributed by atoms with Crippen LogP contribution in [0, 0.1) is 0 Å². The number of hydrogen-bond acceptors (Lipinski definition) is 7. The van der Waals surface area contributed by atoms with Gasteiger partial charge in [0.15, 0.2) is 23.6 Å². The van der Waals surface area contributed by atoms with Crippen LogP contribution in [0.15, 0.2) is 52.4 Å². The van der Waals surface area contributed by atoms with Gasteiger partial charge in [-0.25, -0.2) is 29.9 Å². The highest BCUT2D eigenvalue weighted by molar-refractivity contribution is 6.30. The monoisotopic (exact) mass is 599 g/mol. The Morgan fingerprint density at radius 1 is 1.07 bits per heavy atom. The normalized spacial score (nSPS) is 17.3. The number of aliphatic imine (C=N–C) groups is 1. The van der Waals surface area contributed by atoms with Gasteiger partial charge in [-0.1, -0.05) is 11.6 Å². The highest BCUT2D eigenvalue weighted by atomic mass is 35.5. The van der Waals surface area contributed by atoms with E-state index in [-0.39, 0.29) is 16.4 Å². The lowest BCUT2D eigenvalue weighted by atomic mass is 10.2. The van der Waals surface area contributed by atoms with Gasteiger partial charge < -0.3 is 5.11 Å². The van der Waals surface area contributed by atoms with Crippen molar-refractivity contribution in [2.45, 2.75) is 50.6 Å². The van der Waals surface area contributed by atoms with Gasteiger partial charge in [-0.15, -0.1) is 5.10 Å². The molecule has 4 rings (SSSR count). The molecule has 0 spiro atoms. The number of aromatic nitrogens is 4. The van der Waals surface area contributed by atoms with Crippen LogP contribution in [0.4, 0.5) is 40.9 Å². The molecule has 2 aromatic heterocycles. The number of nitrogens with zero attached hydrogens (tertiary/aromatic N) is 6. The largest absolute Gasteiger partial charge is 0.420 e. The quantitative estimate of drug-likeness (QED) is 0.397. The summed E-state index contributed by atoms with van der Waals surface area (Å²) in [5.41, 5.74) is -0.0800. The second-order valence-electron chi connectivity index (χ2n) is 8.66. The van der Waals surface area contributed by atoms with Gasteiger partial charge in [-0.3, -0.25) is 4.57 Å². The van der Waals surface area contributed by atoms with Gasteiger partial charge in [0.25, 0.3) is 0 Å². The van der Waals surface area contributed by atoms with Crippen molar-refractivity contribution in [3.63, 3.8) is 0 Å². The predicted octanol–water partition coefficient (Wildman–Crippen LogP) is 4.11. The molecular formula is C22H18ClF8N7O2. The first-order valence-electron chi connectivity index (χ1n) is 11.2. The Morgan fingerprint density at radius 2 is 1.73 bits per heavy atom. The molecule has 0 amide bonds. The van der Waals surface area contributed by atoms with E-state index in [1.807, 2.05) is 0 Å². The van der Waals surface area contributed by atoms with Gasteiger partial charge in [0, 0.05) is 23.7 Å². The minimum atomic E-state index is -5.09. The minimum absolute atomic E-state index is 0.128. The number of rotatable bonds is 7. The highest BCUT2D eigenvalue weighted by Gasteiger charge is 2.45. The Bertz CT molecular complexity index is 1460. The van der Waals surface area contributed by atoms with E-state index >= 15 is 0 Å². The van der Waals surface area contributed by atoms with Gasteiger partial charge in [-0.2, -0.15) is 35.1 Å². The van der Waals surface area contributed by atoms with Crippen LogP contribution >= 0.6 is 11.6 Å². The zero-order valence-electron chi connectivity index (χ0n) is 20.1. The molecule has 0 fully saturated rings. The molecule has 18 heteroatoms.